The lowest BCUT2D eigenvalue weighted by molar-refractivity contribution is 0.0951. The van der Waals surface area contributed by atoms with Crippen LogP contribution in [0.5, 0.6) is 11.5 Å². The summed E-state index contributed by atoms with van der Waals surface area (Å²) in [5, 5.41) is 2.96. The topological polar surface area (TPSA) is 50.8 Å². The van der Waals surface area contributed by atoms with Crippen molar-refractivity contribution < 1.29 is 14.3 Å². The smallest absolute Gasteiger partial charge is 0.251 e. The normalized spacial score (nSPS) is 10.7. The van der Waals surface area contributed by atoms with Crippen LogP contribution >= 0.6 is 0 Å². The maximum Gasteiger partial charge on any atom is 0.251 e. The number of nitrogens with one attached hydrogen (secondary N) is 1. The van der Waals surface area contributed by atoms with Gasteiger partial charge in [-0.05, 0) is 44.6 Å². The third-order valence-corrected chi connectivity index (χ3v) is 4.31. The number of nitrogens with zero attached hydrogens (tertiary/aromatic N) is 1. The Balaban J connectivity index is 1.81. The van der Waals surface area contributed by atoms with Crippen molar-refractivity contribution in [1.29, 1.82) is 0 Å². The molecule has 0 unspecified atom stereocenters. The second-order valence-electron chi connectivity index (χ2n) is 6.34. The molecule has 0 bridgehead atoms. The molecule has 0 fully saturated rings. The zero-order valence-electron chi connectivity index (χ0n) is 16.0. The van der Waals surface area contributed by atoms with E-state index in [0.717, 1.165) is 25.1 Å². The summed E-state index contributed by atoms with van der Waals surface area (Å²) in [4.78, 5) is 14.6. The van der Waals surface area contributed by atoms with Gasteiger partial charge in [-0.15, -0.1) is 0 Å². The number of ether oxygens (including phenoxy) is 2. The number of rotatable bonds is 9. The number of carbonyl (C=O) groups excluding carboxylic acids is 1. The summed E-state index contributed by atoms with van der Waals surface area (Å²) in [6.45, 7) is 4.34. The molecule has 0 radical (unpaired) electrons. The Morgan fingerprint density at radius 2 is 1.69 bits per heavy atom. The van der Waals surface area contributed by atoms with Crippen LogP contribution in [0.25, 0.3) is 0 Å². The fourth-order valence-electron chi connectivity index (χ4n) is 2.84. The van der Waals surface area contributed by atoms with Crippen LogP contribution in [-0.4, -0.2) is 45.2 Å². The summed E-state index contributed by atoms with van der Waals surface area (Å²) in [5.74, 6) is 1.18. The van der Waals surface area contributed by atoms with Gasteiger partial charge in [-0.1, -0.05) is 30.3 Å². The molecule has 0 aliphatic carbocycles. The minimum Gasteiger partial charge on any atom is -0.496 e. The Morgan fingerprint density at radius 3 is 2.27 bits per heavy atom. The van der Waals surface area contributed by atoms with E-state index in [0.29, 0.717) is 23.6 Å². The average molecular weight is 356 g/mol. The lowest BCUT2D eigenvalue weighted by Crippen LogP contribution is -2.28. The highest BCUT2D eigenvalue weighted by atomic mass is 16.5. The van der Waals surface area contributed by atoms with E-state index in [2.05, 4.69) is 29.4 Å². The average Bonchev–Trinajstić information content (AvgIpc) is 2.66. The molecule has 2 rings (SSSR count). The molecule has 0 heterocycles. The van der Waals surface area contributed by atoms with Crippen LogP contribution < -0.4 is 14.8 Å². The molecule has 0 spiro atoms. The van der Waals surface area contributed by atoms with Crippen LogP contribution in [0, 0.1) is 6.92 Å². The lowest BCUT2D eigenvalue weighted by Gasteiger charge is -2.17. The molecule has 0 aliphatic heterocycles. The number of hydrogen-bond acceptors (Lipinski definition) is 4. The minimum absolute atomic E-state index is 0.118. The van der Waals surface area contributed by atoms with Gasteiger partial charge in [0.1, 0.15) is 11.5 Å². The van der Waals surface area contributed by atoms with E-state index in [1.165, 1.54) is 5.56 Å². The molecule has 1 N–H and O–H groups in total. The number of benzene rings is 2. The molecule has 5 heteroatoms. The van der Waals surface area contributed by atoms with Crippen molar-refractivity contribution >= 4 is 5.91 Å². The predicted octanol–water partition coefficient (Wildman–Crippen LogP) is 3.26. The van der Waals surface area contributed by atoms with Gasteiger partial charge in [0.2, 0.25) is 0 Å². The fourth-order valence-corrected chi connectivity index (χ4v) is 2.84. The van der Waals surface area contributed by atoms with Crippen molar-refractivity contribution in [3.8, 4) is 11.5 Å². The van der Waals surface area contributed by atoms with Crippen molar-refractivity contribution in [3.63, 3.8) is 0 Å². The molecule has 2 aromatic rings. The Hall–Kier alpha value is -2.53. The van der Waals surface area contributed by atoms with Crippen molar-refractivity contribution in [1.82, 2.24) is 10.2 Å². The van der Waals surface area contributed by atoms with Gasteiger partial charge in [0, 0.05) is 24.2 Å². The Bertz CT molecular complexity index is 691. The zero-order chi connectivity index (χ0) is 18.9. The third-order valence-electron chi connectivity index (χ3n) is 4.31. The van der Waals surface area contributed by atoms with E-state index in [9.17, 15) is 4.79 Å². The van der Waals surface area contributed by atoms with E-state index in [-0.39, 0.29) is 5.91 Å². The summed E-state index contributed by atoms with van der Waals surface area (Å²) < 4.78 is 10.7. The molecule has 5 nitrogen and oxygen atoms in total. The van der Waals surface area contributed by atoms with Crippen LogP contribution in [0.4, 0.5) is 0 Å². The fraction of sp³-hybridized carbons (Fsp3) is 0.381. The monoisotopic (exact) mass is 356 g/mol. The van der Waals surface area contributed by atoms with E-state index in [1.807, 2.05) is 25.1 Å². The van der Waals surface area contributed by atoms with Gasteiger partial charge in [0.15, 0.2) is 0 Å². The highest BCUT2D eigenvalue weighted by Crippen LogP contribution is 2.29. The predicted molar refractivity (Wildman–Crippen MR) is 104 cm³/mol. The lowest BCUT2D eigenvalue weighted by atomic mass is 10.1. The number of carbonyl (C=O) groups is 1. The van der Waals surface area contributed by atoms with Crippen molar-refractivity contribution in [2.75, 3.05) is 34.4 Å². The Kier molecular flexibility index (Phi) is 7.48. The molecule has 0 aliphatic rings. The summed E-state index contributed by atoms with van der Waals surface area (Å²) in [6.07, 6.45) is 0.884. The van der Waals surface area contributed by atoms with E-state index in [4.69, 9.17) is 9.47 Å². The maximum absolute atomic E-state index is 12.4. The second-order valence-corrected chi connectivity index (χ2v) is 6.34. The van der Waals surface area contributed by atoms with Gasteiger partial charge in [-0.3, -0.25) is 4.79 Å². The van der Waals surface area contributed by atoms with E-state index in [1.54, 1.807) is 26.4 Å². The quantitative estimate of drug-likeness (QED) is 0.701. The maximum atomic E-state index is 12.4. The molecule has 0 atom stereocenters. The molecular formula is C21H28N2O3. The molecule has 0 aromatic heterocycles. The zero-order valence-corrected chi connectivity index (χ0v) is 16.0. The molecule has 1 amide bonds. The van der Waals surface area contributed by atoms with E-state index >= 15 is 0 Å². The first-order valence-corrected chi connectivity index (χ1v) is 8.78. The highest BCUT2D eigenvalue weighted by molar-refractivity contribution is 5.95. The summed E-state index contributed by atoms with van der Waals surface area (Å²) in [7, 11) is 5.27. The van der Waals surface area contributed by atoms with Gasteiger partial charge < -0.3 is 19.7 Å². The van der Waals surface area contributed by atoms with Gasteiger partial charge in [-0.25, -0.2) is 0 Å². The molecule has 26 heavy (non-hydrogen) atoms. The van der Waals surface area contributed by atoms with Crippen molar-refractivity contribution in [3.05, 3.63) is 59.2 Å². The Morgan fingerprint density at radius 1 is 1.08 bits per heavy atom. The Labute approximate surface area is 155 Å². The van der Waals surface area contributed by atoms with Gasteiger partial charge >= 0.3 is 0 Å². The number of hydrogen-bond donors (Lipinski definition) is 1. The van der Waals surface area contributed by atoms with Crippen LogP contribution in [0.2, 0.25) is 0 Å². The largest absolute Gasteiger partial charge is 0.496 e. The first kappa shape index (κ1) is 19.8. The van der Waals surface area contributed by atoms with Crippen molar-refractivity contribution in [2.24, 2.45) is 0 Å². The third kappa shape index (κ3) is 5.49. The first-order valence-electron chi connectivity index (χ1n) is 8.78. The van der Waals surface area contributed by atoms with Crippen LogP contribution in [-0.2, 0) is 6.54 Å². The second kappa shape index (κ2) is 9.82. The summed E-state index contributed by atoms with van der Waals surface area (Å²) in [6, 6.07) is 13.9. The van der Waals surface area contributed by atoms with Crippen molar-refractivity contribution in [2.45, 2.75) is 19.9 Å². The molecular weight excluding hydrogens is 328 g/mol. The minimum atomic E-state index is -0.118. The van der Waals surface area contributed by atoms with Crippen LogP contribution in [0.15, 0.2) is 42.5 Å². The highest BCUT2D eigenvalue weighted by Gasteiger charge is 2.13. The number of amides is 1. The summed E-state index contributed by atoms with van der Waals surface area (Å²) in [5.41, 5.74) is 2.72. The SMILES string of the molecule is COc1cc(C(=O)NCCCN(C)Cc2ccccc2)cc(OC)c1C. The van der Waals surface area contributed by atoms with Crippen LogP contribution in [0.3, 0.4) is 0 Å². The van der Waals surface area contributed by atoms with Crippen LogP contribution in [0.1, 0.15) is 27.9 Å². The molecule has 0 saturated heterocycles. The summed E-state index contributed by atoms with van der Waals surface area (Å²) >= 11 is 0. The number of methoxy groups -OCH3 is 2. The van der Waals surface area contributed by atoms with E-state index < -0.39 is 0 Å². The molecule has 0 saturated carbocycles. The molecule has 2 aromatic carbocycles. The van der Waals surface area contributed by atoms with Gasteiger partial charge in [0.25, 0.3) is 5.91 Å². The molecule has 140 valence electrons. The van der Waals surface area contributed by atoms with Gasteiger partial charge in [-0.2, -0.15) is 0 Å². The van der Waals surface area contributed by atoms with Gasteiger partial charge in [0.05, 0.1) is 14.2 Å². The first-order chi connectivity index (χ1) is 12.5. The standard InChI is InChI=1S/C21H28N2O3/c1-16-19(25-3)13-18(14-20(16)26-4)21(24)22-11-8-12-23(2)15-17-9-6-5-7-10-17/h5-7,9-10,13-14H,8,11-12,15H2,1-4H3,(H,22,24).